The van der Waals surface area contributed by atoms with Crippen molar-refractivity contribution in [2.45, 2.75) is 18.4 Å². The molecule has 1 aromatic rings. The molecule has 1 amide bonds. The van der Waals surface area contributed by atoms with Crippen LogP contribution in [0.2, 0.25) is 0 Å². The molecule has 1 aliphatic carbocycles. The van der Waals surface area contributed by atoms with Crippen LogP contribution in [0, 0.1) is 10.1 Å². The number of amides is 1. The molecule has 5 nitrogen and oxygen atoms in total. The van der Waals surface area contributed by atoms with Crippen LogP contribution in [0.25, 0.3) is 0 Å². The van der Waals surface area contributed by atoms with E-state index in [1.807, 2.05) is 0 Å². The number of carbonyl (C=O) groups excluding carboxylic acids is 1. The second-order valence-corrected chi connectivity index (χ2v) is 5.09. The number of hydrogen-bond donors (Lipinski definition) is 1. The van der Waals surface area contributed by atoms with Crippen LogP contribution in [-0.2, 0) is 0 Å². The van der Waals surface area contributed by atoms with Crippen molar-refractivity contribution in [3.8, 4) is 0 Å². The van der Waals surface area contributed by atoms with E-state index in [4.69, 9.17) is 11.6 Å². The first-order chi connectivity index (χ1) is 7.56. The number of carbonyl (C=O) groups is 1. The van der Waals surface area contributed by atoms with E-state index in [2.05, 4.69) is 5.32 Å². The van der Waals surface area contributed by atoms with Crippen molar-refractivity contribution in [2.24, 2.45) is 0 Å². The minimum atomic E-state index is -0.504. The van der Waals surface area contributed by atoms with Gasteiger partial charge in [0.05, 0.1) is 15.3 Å². The zero-order valence-corrected chi connectivity index (χ0v) is 9.81. The van der Waals surface area contributed by atoms with Crippen molar-refractivity contribution in [1.82, 2.24) is 5.32 Å². The zero-order chi connectivity index (χ0) is 11.8. The summed E-state index contributed by atoms with van der Waals surface area (Å²) in [6, 6.07) is 2.79. The van der Waals surface area contributed by atoms with Gasteiger partial charge in [-0.3, -0.25) is 14.9 Å². The molecule has 0 aromatic carbocycles. The normalized spacial score (nSPS) is 16.8. The van der Waals surface area contributed by atoms with Gasteiger partial charge in [0.2, 0.25) is 0 Å². The van der Waals surface area contributed by atoms with E-state index in [1.165, 1.54) is 12.1 Å². The van der Waals surface area contributed by atoms with Crippen molar-refractivity contribution < 1.29 is 9.72 Å². The van der Waals surface area contributed by atoms with Crippen LogP contribution < -0.4 is 5.32 Å². The van der Waals surface area contributed by atoms with Crippen LogP contribution >= 0.6 is 22.9 Å². The number of hydrogen-bond acceptors (Lipinski definition) is 4. The van der Waals surface area contributed by atoms with Crippen LogP contribution in [-0.4, -0.2) is 22.2 Å². The van der Waals surface area contributed by atoms with E-state index in [0.29, 0.717) is 10.8 Å². The van der Waals surface area contributed by atoms with Gasteiger partial charge in [0.25, 0.3) is 5.91 Å². The molecule has 86 valence electrons. The fourth-order valence-corrected chi connectivity index (χ4v) is 2.34. The van der Waals surface area contributed by atoms with Crippen molar-refractivity contribution in [3.05, 3.63) is 27.1 Å². The fraction of sp³-hybridized carbons (Fsp3) is 0.444. The van der Waals surface area contributed by atoms with Crippen LogP contribution in [0.4, 0.5) is 5.00 Å². The Labute approximate surface area is 101 Å². The van der Waals surface area contributed by atoms with E-state index in [9.17, 15) is 14.9 Å². The molecule has 1 aromatic heterocycles. The molecule has 0 atom stereocenters. The second-order valence-electron chi connectivity index (χ2n) is 3.76. The average Bonchev–Trinajstić information content (AvgIpc) is 2.83. The van der Waals surface area contributed by atoms with Crippen molar-refractivity contribution in [1.29, 1.82) is 0 Å². The Hall–Kier alpha value is -1.14. The van der Waals surface area contributed by atoms with Gasteiger partial charge in [0.15, 0.2) is 0 Å². The molecule has 0 spiro atoms. The first kappa shape index (κ1) is 11.3. The maximum Gasteiger partial charge on any atom is 0.324 e. The molecule has 1 heterocycles. The third-order valence-electron chi connectivity index (χ3n) is 2.48. The Morgan fingerprint density at radius 1 is 1.62 bits per heavy atom. The first-order valence-electron chi connectivity index (χ1n) is 4.69. The summed E-state index contributed by atoms with van der Waals surface area (Å²) in [6.45, 7) is 0. The molecule has 1 aliphatic rings. The van der Waals surface area contributed by atoms with Crippen LogP contribution in [0.3, 0.4) is 0 Å². The van der Waals surface area contributed by atoms with E-state index < -0.39 is 4.92 Å². The summed E-state index contributed by atoms with van der Waals surface area (Å²) in [5.74, 6) is 0.0999. The van der Waals surface area contributed by atoms with Gasteiger partial charge in [-0.15, -0.1) is 11.6 Å². The highest BCUT2D eigenvalue weighted by Gasteiger charge is 2.43. The summed E-state index contributed by atoms with van der Waals surface area (Å²) in [4.78, 5) is 22.0. The van der Waals surface area contributed by atoms with E-state index in [-0.39, 0.29) is 16.4 Å². The summed E-state index contributed by atoms with van der Waals surface area (Å²) in [6.07, 6.45) is 1.74. The van der Waals surface area contributed by atoms with E-state index in [1.54, 1.807) is 0 Å². The van der Waals surface area contributed by atoms with Crippen LogP contribution in [0.15, 0.2) is 12.1 Å². The molecular formula is C9H9ClN2O3S. The Morgan fingerprint density at radius 2 is 2.31 bits per heavy atom. The van der Waals surface area contributed by atoms with Gasteiger partial charge in [-0.2, -0.15) is 0 Å². The molecule has 0 unspecified atom stereocenters. The number of rotatable bonds is 4. The topological polar surface area (TPSA) is 72.2 Å². The summed E-state index contributed by atoms with van der Waals surface area (Å²) in [7, 11) is 0. The minimum absolute atomic E-state index is 0.0270. The lowest BCUT2D eigenvalue weighted by molar-refractivity contribution is -0.380. The molecule has 1 N–H and O–H groups in total. The van der Waals surface area contributed by atoms with Crippen molar-refractivity contribution in [2.75, 3.05) is 5.88 Å². The second kappa shape index (κ2) is 4.03. The minimum Gasteiger partial charge on any atom is -0.345 e. The summed E-state index contributed by atoms with van der Waals surface area (Å²) in [5, 5.41) is 13.2. The number of nitro groups is 1. The summed E-state index contributed by atoms with van der Waals surface area (Å²) < 4.78 is 0. The standard InChI is InChI=1S/C9H9ClN2O3S/c10-5-9(3-4-9)11-8(13)6-1-2-7(16-6)12(14)15/h1-2H,3-5H2,(H,11,13). The SMILES string of the molecule is O=C(NC1(CCl)CC1)c1ccc([N+](=O)[O-])s1. The average molecular weight is 261 g/mol. The van der Waals surface area contributed by atoms with Gasteiger partial charge >= 0.3 is 5.00 Å². The molecule has 7 heteroatoms. The maximum absolute atomic E-state index is 11.7. The highest BCUT2D eigenvalue weighted by atomic mass is 35.5. The van der Waals surface area contributed by atoms with Crippen molar-refractivity contribution >= 4 is 33.8 Å². The van der Waals surface area contributed by atoms with E-state index >= 15 is 0 Å². The fourth-order valence-electron chi connectivity index (χ4n) is 1.29. The Bertz CT molecular complexity index is 442. The summed E-state index contributed by atoms with van der Waals surface area (Å²) in [5.41, 5.74) is -0.280. The predicted molar refractivity (Wildman–Crippen MR) is 61.1 cm³/mol. The lowest BCUT2D eigenvalue weighted by atomic mass is 10.3. The monoisotopic (exact) mass is 260 g/mol. The highest BCUT2D eigenvalue weighted by Crippen LogP contribution is 2.37. The highest BCUT2D eigenvalue weighted by molar-refractivity contribution is 7.17. The predicted octanol–water partition coefficient (Wildman–Crippen LogP) is 2.16. The Kier molecular flexibility index (Phi) is 2.86. The maximum atomic E-state index is 11.7. The molecule has 0 radical (unpaired) electrons. The molecule has 0 saturated heterocycles. The quantitative estimate of drug-likeness (QED) is 0.512. The number of thiophene rings is 1. The number of nitrogens with one attached hydrogen (secondary N) is 1. The molecule has 1 fully saturated rings. The zero-order valence-electron chi connectivity index (χ0n) is 8.23. The third kappa shape index (κ3) is 2.17. The number of nitrogens with zero attached hydrogens (tertiary/aromatic N) is 1. The van der Waals surface area contributed by atoms with Gasteiger partial charge in [-0.1, -0.05) is 11.3 Å². The Balaban J connectivity index is 2.06. The Morgan fingerprint density at radius 3 is 2.75 bits per heavy atom. The lowest BCUT2D eigenvalue weighted by Crippen LogP contribution is -2.37. The molecule has 1 saturated carbocycles. The molecular weight excluding hydrogens is 252 g/mol. The third-order valence-corrected chi connectivity index (χ3v) is 4.03. The van der Waals surface area contributed by atoms with Gasteiger partial charge < -0.3 is 5.32 Å². The smallest absolute Gasteiger partial charge is 0.324 e. The number of alkyl halides is 1. The lowest BCUT2D eigenvalue weighted by Gasteiger charge is -2.12. The van der Waals surface area contributed by atoms with Gasteiger partial charge in [0.1, 0.15) is 0 Å². The van der Waals surface area contributed by atoms with Crippen LogP contribution in [0.1, 0.15) is 22.5 Å². The van der Waals surface area contributed by atoms with Gasteiger partial charge in [-0.25, -0.2) is 0 Å². The molecule has 0 bridgehead atoms. The van der Waals surface area contributed by atoms with E-state index in [0.717, 1.165) is 24.2 Å². The molecule has 2 rings (SSSR count). The van der Waals surface area contributed by atoms with Crippen LogP contribution in [0.5, 0.6) is 0 Å². The largest absolute Gasteiger partial charge is 0.345 e. The van der Waals surface area contributed by atoms with Gasteiger partial charge in [-0.05, 0) is 18.9 Å². The molecule has 16 heavy (non-hydrogen) atoms. The molecule has 0 aliphatic heterocycles. The van der Waals surface area contributed by atoms with Gasteiger partial charge in [0, 0.05) is 11.9 Å². The summed E-state index contributed by atoms with van der Waals surface area (Å²) >= 11 is 6.60. The van der Waals surface area contributed by atoms with Crippen molar-refractivity contribution in [3.63, 3.8) is 0 Å². The number of halogens is 1. The first-order valence-corrected chi connectivity index (χ1v) is 6.04.